The molecule has 138 valence electrons. The summed E-state index contributed by atoms with van der Waals surface area (Å²) in [6.07, 6.45) is 2.34. The Hall–Kier alpha value is -1.79. The fraction of sp³-hybridized carbons (Fsp3) is 0.632. The Morgan fingerprint density at radius 1 is 1.24 bits per heavy atom. The molecule has 1 aromatic carbocycles. The standard InChI is InChI=1S/C19H29N3O3/c1-24-11-5-9-21-10-8-16(13-21)12-20-19(23)22-14-18(15-22)25-17-6-3-2-4-7-17/h2-4,6-7,16,18H,5,8-15H2,1H3,(H,20,23). The van der Waals surface area contributed by atoms with Crippen LogP contribution in [-0.4, -0.2) is 74.9 Å². The molecule has 1 atom stereocenters. The molecule has 25 heavy (non-hydrogen) atoms. The Kier molecular flexibility index (Phi) is 6.53. The van der Waals surface area contributed by atoms with Crippen LogP contribution in [0.4, 0.5) is 4.79 Å². The predicted octanol–water partition coefficient (Wildman–Crippen LogP) is 1.82. The molecule has 0 bridgehead atoms. The minimum absolute atomic E-state index is 0.0331. The fourth-order valence-corrected chi connectivity index (χ4v) is 3.43. The number of likely N-dealkylation sites (tertiary alicyclic amines) is 2. The smallest absolute Gasteiger partial charge is 0.317 e. The van der Waals surface area contributed by atoms with Crippen LogP contribution in [0, 0.1) is 5.92 Å². The van der Waals surface area contributed by atoms with Gasteiger partial charge in [-0.05, 0) is 37.4 Å². The second-order valence-electron chi connectivity index (χ2n) is 6.95. The van der Waals surface area contributed by atoms with E-state index in [0.29, 0.717) is 19.0 Å². The molecule has 1 unspecified atom stereocenters. The number of nitrogens with zero attached hydrogens (tertiary/aromatic N) is 2. The zero-order valence-electron chi connectivity index (χ0n) is 15.0. The molecule has 0 saturated carbocycles. The van der Waals surface area contributed by atoms with Crippen molar-refractivity contribution in [1.82, 2.24) is 15.1 Å². The third kappa shape index (κ3) is 5.34. The average Bonchev–Trinajstić information content (AvgIpc) is 3.05. The van der Waals surface area contributed by atoms with Crippen molar-refractivity contribution in [2.24, 2.45) is 5.92 Å². The van der Waals surface area contributed by atoms with Crippen LogP contribution in [0.25, 0.3) is 0 Å². The molecule has 0 aromatic heterocycles. The lowest BCUT2D eigenvalue weighted by atomic mass is 10.1. The number of urea groups is 1. The molecule has 0 spiro atoms. The summed E-state index contributed by atoms with van der Waals surface area (Å²) in [6.45, 7) is 6.19. The Morgan fingerprint density at radius 3 is 2.80 bits per heavy atom. The van der Waals surface area contributed by atoms with Crippen LogP contribution < -0.4 is 10.1 Å². The van der Waals surface area contributed by atoms with E-state index in [4.69, 9.17) is 9.47 Å². The number of nitrogens with one attached hydrogen (secondary N) is 1. The summed E-state index contributed by atoms with van der Waals surface area (Å²) in [7, 11) is 1.74. The van der Waals surface area contributed by atoms with Crippen LogP contribution in [0.5, 0.6) is 5.75 Å². The highest BCUT2D eigenvalue weighted by molar-refractivity contribution is 5.75. The van der Waals surface area contributed by atoms with Gasteiger partial charge < -0.3 is 24.6 Å². The number of ether oxygens (including phenoxy) is 2. The average molecular weight is 347 g/mol. The highest BCUT2D eigenvalue weighted by Gasteiger charge is 2.32. The van der Waals surface area contributed by atoms with E-state index in [1.54, 1.807) is 7.11 Å². The summed E-state index contributed by atoms with van der Waals surface area (Å²) < 4.78 is 10.9. The molecule has 1 N–H and O–H groups in total. The zero-order valence-corrected chi connectivity index (χ0v) is 15.0. The maximum atomic E-state index is 12.2. The van der Waals surface area contributed by atoms with Crippen molar-refractivity contribution in [3.05, 3.63) is 30.3 Å². The predicted molar refractivity (Wildman–Crippen MR) is 96.9 cm³/mol. The minimum atomic E-state index is 0.0331. The molecule has 6 heteroatoms. The van der Waals surface area contributed by atoms with Gasteiger partial charge in [-0.25, -0.2) is 4.79 Å². The van der Waals surface area contributed by atoms with Crippen molar-refractivity contribution < 1.29 is 14.3 Å². The van der Waals surface area contributed by atoms with Gasteiger partial charge in [0, 0.05) is 33.4 Å². The quantitative estimate of drug-likeness (QED) is 0.729. The van der Waals surface area contributed by atoms with Gasteiger partial charge in [-0.3, -0.25) is 0 Å². The molecule has 2 aliphatic heterocycles. The van der Waals surface area contributed by atoms with Gasteiger partial charge >= 0.3 is 6.03 Å². The number of methoxy groups -OCH3 is 1. The van der Waals surface area contributed by atoms with Gasteiger partial charge in [0.1, 0.15) is 11.9 Å². The highest BCUT2D eigenvalue weighted by atomic mass is 16.5. The van der Waals surface area contributed by atoms with E-state index < -0.39 is 0 Å². The molecule has 2 heterocycles. The molecular weight excluding hydrogens is 318 g/mol. The van der Waals surface area contributed by atoms with Gasteiger partial charge in [-0.1, -0.05) is 18.2 Å². The molecule has 6 nitrogen and oxygen atoms in total. The van der Waals surface area contributed by atoms with E-state index in [9.17, 15) is 4.79 Å². The molecule has 1 aromatic rings. The maximum Gasteiger partial charge on any atom is 0.317 e. The number of para-hydroxylation sites is 1. The van der Waals surface area contributed by atoms with Crippen LogP contribution in [0.1, 0.15) is 12.8 Å². The minimum Gasteiger partial charge on any atom is -0.487 e. The molecule has 3 rings (SSSR count). The first-order valence-electron chi connectivity index (χ1n) is 9.20. The van der Waals surface area contributed by atoms with Crippen LogP contribution in [0.3, 0.4) is 0 Å². The number of hydrogen-bond acceptors (Lipinski definition) is 4. The van der Waals surface area contributed by atoms with Crippen LogP contribution in [0.15, 0.2) is 30.3 Å². The van der Waals surface area contributed by atoms with E-state index in [0.717, 1.165) is 51.4 Å². The first-order chi connectivity index (χ1) is 12.2. The molecule has 2 fully saturated rings. The Balaban J connectivity index is 1.28. The molecule has 2 aliphatic rings. The van der Waals surface area contributed by atoms with Crippen molar-refractivity contribution >= 4 is 6.03 Å². The molecular formula is C19H29N3O3. The van der Waals surface area contributed by atoms with Crippen LogP contribution in [-0.2, 0) is 4.74 Å². The Labute approximate surface area is 150 Å². The number of rotatable bonds is 8. The Morgan fingerprint density at radius 2 is 2.04 bits per heavy atom. The lowest BCUT2D eigenvalue weighted by molar-refractivity contribution is 0.0442. The summed E-state index contributed by atoms with van der Waals surface area (Å²) in [5.41, 5.74) is 0. The van der Waals surface area contributed by atoms with Gasteiger partial charge in [-0.15, -0.1) is 0 Å². The molecule has 2 amide bonds. The van der Waals surface area contributed by atoms with Crippen molar-refractivity contribution in [3.63, 3.8) is 0 Å². The van der Waals surface area contributed by atoms with Gasteiger partial charge in [-0.2, -0.15) is 0 Å². The summed E-state index contributed by atoms with van der Waals surface area (Å²) in [6, 6.07) is 9.81. The van der Waals surface area contributed by atoms with Crippen LogP contribution in [0.2, 0.25) is 0 Å². The van der Waals surface area contributed by atoms with E-state index in [2.05, 4.69) is 10.2 Å². The number of hydrogen-bond donors (Lipinski definition) is 1. The topological polar surface area (TPSA) is 54.0 Å². The second-order valence-corrected chi connectivity index (χ2v) is 6.95. The lowest BCUT2D eigenvalue weighted by Crippen LogP contribution is -2.59. The first kappa shape index (κ1) is 18.0. The Bertz CT molecular complexity index is 534. The molecule has 2 saturated heterocycles. The van der Waals surface area contributed by atoms with E-state index in [1.165, 1.54) is 0 Å². The summed E-state index contributed by atoms with van der Waals surface area (Å²) >= 11 is 0. The summed E-state index contributed by atoms with van der Waals surface area (Å²) in [5.74, 6) is 1.43. The summed E-state index contributed by atoms with van der Waals surface area (Å²) in [5, 5.41) is 3.08. The number of carbonyl (C=O) groups is 1. The van der Waals surface area contributed by atoms with Crippen molar-refractivity contribution in [2.45, 2.75) is 18.9 Å². The molecule has 0 aliphatic carbocycles. The van der Waals surface area contributed by atoms with Crippen molar-refractivity contribution in [3.8, 4) is 5.75 Å². The molecule has 0 radical (unpaired) electrons. The monoisotopic (exact) mass is 347 g/mol. The highest BCUT2D eigenvalue weighted by Crippen LogP contribution is 2.18. The van der Waals surface area contributed by atoms with Gasteiger partial charge in [0.05, 0.1) is 13.1 Å². The third-order valence-electron chi connectivity index (χ3n) is 4.92. The van der Waals surface area contributed by atoms with Gasteiger partial charge in [0.15, 0.2) is 0 Å². The van der Waals surface area contributed by atoms with Gasteiger partial charge in [0.2, 0.25) is 0 Å². The normalized spacial score (nSPS) is 21.2. The van der Waals surface area contributed by atoms with E-state index in [1.807, 2.05) is 35.2 Å². The SMILES string of the molecule is COCCCN1CCC(CNC(=O)N2CC(Oc3ccccc3)C2)C1. The maximum absolute atomic E-state index is 12.2. The second kappa shape index (κ2) is 9.06. The van der Waals surface area contributed by atoms with Crippen LogP contribution >= 0.6 is 0 Å². The van der Waals surface area contributed by atoms with E-state index in [-0.39, 0.29) is 12.1 Å². The van der Waals surface area contributed by atoms with Crippen molar-refractivity contribution in [2.75, 3.05) is 53.0 Å². The zero-order chi connectivity index (χ0) is 17.5. The van der Waals surface area contributed by atoms with Gasteiger partial charge in [0.25, 0.3) is 0 Å². The van der Waals surface area contributed by atoms with Crippen molar-refractivity contribution in [1.29, 1.82) is 0 Å². The lowest BCUT2D eigenvalue weighted by Gasteiger charge is -2.39. The first-order valence-corrected chi connectivity index (χ1v) is 9.20. The van der Waals surface area contributed by atoms with E-state index >= 15 is 0 Å². The number of amides is 2. The number of carbonyl (C=O) groups excluding carboxylic acids is 1. The number of benzene rings is 1. The summed E-state index contributed by atoms with van der Waals surface area (Å²) in [4.78, 5) is 16.5. The third-order valence-corrected chi connectivity index (χ3v) is 4.92. The fourth-order valence-electron chi connectivity index (χ4n) is 3.43. The largest absolute Gasteiger partial charge is 0.487 e.